The first-order chi connectivity index (χ1) is 29.2. The second kappa shape index (κ2) is 39.4. The molecule has 0 saturated carbocycles. The third-order valence-electron chi connectivity index (χ3n) is 12.3. The van der Waals surface area contributed by atoms with Crippen molar-refractivity contribution in [1.82, 2.24) is 5.32 Å². The second-order valence-electron chi connectivity index (χ2n) is 17.9. The molecular weight excluding hydrogens is 763 g/mol. The zero-order valence-corrected chi connectivity index (χ0v) is 38.5. The van der Waals surface area contributed by atoms with Crippen molar-refractivity contribution in [2.75, 3.05) is 13.2 Å². The summed E-state index contributed by atoms with van der Waals surface area (Å²) in [5.74, 6) is -0.700. The number of carbonyl (C=O) groups excluding carboxylic acids is 1. The fraction of sp³-hybridized carbons (Fsp3) is 0.939. The highest BCUT2D eigenvalue weighted by Crippen LogP contribution is 2.23. The zero-order chi connectivity index (χ0) is 44.1. The summed E-state index contributed by atoms with van der Waals surface area (Å²) in [5.41, 5.74) is 0. The van der Waals surface area contributed by atoms with Gasteiger partial charge in [0.05, 0.1) is 25.4 Å². The molecule has 0 aliphatic carbocycles. The number of hydrogen-bond acceptors (Lipinski definition) is 10. The molecule has 9 unspecified atom stereocenters. The average molecular weight is 858 g/mol. The SMILES string of the molecule is CCCCCCCCCCCCCC/C=C\CCCCCCCCCC(O)C(=O)NC(COC1OC(CO)C(O)C(O)C1O)C(O)C(O)CCCCCCCCCCCC. The molecular formula is C49H95NO10. The summed E-state index contributed by atoms with van der Waals surface area (Å²) in [4.78, 5) is 13.1. The summed E-state index contributed by atoms with van der Waals surface area (Å²) in [6, 6.07) is -1.16. The molecule has 0 aromatic rings. The minimum Gasteiger partial charge on any atom is -0.394 e. The molecule has 9 atom stereocenters. The van der Waals surface area contributed by atoms with Crippen molar-refractivity contribution in [1.29, 1.82) is 0 Å². The topological polar surface area (TPSA) is 189 Å². The lowest BCUT2D eigenvalue weighted by molar-refractivity contribution is -0.303. The maximum atomic E-state index is 13.1. The van der Waals surface area contributed by atoms with Crippen LogP contribution in [0.25, 0.3) is 0 Å². The van der Waals surface area contributed by atoms with Crippen molar-refractivity contribution in [3.8, 4) is 0 Å². The van der Waals surface area contributed by atoms with Crippen molar-refractivity contribution in [3.63, 3.8) is 0 Å². The van der Waals surface area contributed by atoms with Gasteiger partial charge in [-0.15, -0.1) is 0 Å². The minimum atomic E-state index is -1.66. The monoisotopic (exact) mass is 858 g/mol. The Labute approximate surface area is 366 Å². The summed E-state index contributed by atoms with van der Waals surface area (Å²) in [7, 11) is 0. The zero-order valence-electron chi connectivity index (χ0n) is 38.5. The van der Waals surface area contributed by atoms with E-state index < -0.39 is 74.2 Å². The van der Waals surface area contributed by atoms with Crippen LogP contribution < -0.4 is 5.32 Å². The Hall–Kier alpha value is -1.15. The van der Waals surface area contributed by atoms with Gasteiger partial charge in [-0.3, -0.25) is 4.79 Å². The first-order valence-electron chi connectivity index (χ1n) is 25.1. The van der Waals surface area contributed by atoms with E-state index in [1.54, 1.807) is 0 Å². The number of rotatable bonds is 42. The van der Waals surface area contributed by atoms with Gasteiger partial charge >= 0.3 is 0 Å². The van der Waals surface area contributed by atoms with E-state index in [4.69, 9.17) is 9.47 Å². The third-order valence-corrected chi connectivity index (χ3v) is 12.3. The Morgan fingerprint density at radius 1 is 0.567 bits per heavy atom. The van der Waals surface area contributed by atoms with Gasteiger partial charge in [-0.2, -0.15) is 0 Å². The number of ether oxygens (including phenoxy) is 2. The number of hydrogen-bond donors (Lipinski definition) is 8. The van der Waals surface area contributed by atoms with E-state index in [0.717, 1.165) is 44.9 Å². The number of unbranched alkanes of at least 4 members (excludes halogenated alkanes) is 28. The van der Waals surface area contributed by atoms with Crippen LogP contribution in [0, 0.1) is 0 Å². The molecule has 0 aromatic carbocycles. The van der Waals surface area contributed by atoms with Gasteiger partial charge in [0, 0.05) is 0 Å². The molecule has 0 radical (unpaired) electrons. The molecule has 1 rings (SSSR count). The lowest BCUT2D eigenvalue weighted by Gasteiger charge is -2.40. The molecule has 11 heteroatoms. The van der Waals surface area contributed by atoms with Crippen molar-refractivity contribution < 1.29 is 50.0 Å². The molecule has 1 heterocycles. The van der Waals surface area contributed by atoms with Gasteiger partial charge in [0.2, 0.25) is 5.91 Å². The van der Waals surface area contributed by atoms with Crippen LogP contribution >= 0.6 is 0 Å². The van der Waals surface area contributed by atoms with Gasteiger partial charge in [0.15, 0.2) is 6.29 Å². The fourth-order valence-electron chi connectivity index (χ4n) is 8.14. The number of aliphatic hydroxyl groups excluding tert-OH is 7. The van der Waals surface area contributed by atoms with E-state index in [1.165, 1.54) is 141 Å². The van der Waals surface area contributed by atoms with Crippen molar-refractivity contribution in [2.45, 2.75) is 281 Å². The Kier molecular flexibility index (Phi) is 37.4. The Bertz CT molecular complexity index is 986. The first-order valence-corrected chi connectivity index (χ1v) is 25.1. The largest absolute Gasteiger partial charge is 0.394 e. The van der Waals surface area contributed by atoms with E-state index in [0.29, 0.717) is 19.3 Å². The molecule has 1 aliphatic heterocycles. The lowest BCUT2D eigenvalue weighted by Crippen LogP contribution is -2.60. The molecule has 1 aliphatic rings. The maximum Gasteiger partial charge on any atom is 0.249 e. The standard InChI is InChI=1S/C49H95NO10/c1-3-5-7-9-11-13-15-16-17-18-19-20-21-22-23-24-25-26-27-29-31-33-35-37-42(53)48(58)50-40(39-59-49-47(57)46(56)45(55)43(38-51)60-49)44(54)41(52)36-34-32-30-28-14-12-10-8-6-4-2/h22-23,40-47,49,51-57H,3-21,24-39H2,1-2H3,(H,50,58)/b23-22-. The van der Waals surface area contributed by atoms with Crippen LogP contribution in [0.15, 0.2) is 12.2 Å². The van der Waals surface area contributed by atoms with Crippen LogP contribution in [0.5, 0.6) is 0 Å². The molecule has 8 N–H and O–H groups in total. The van der Waals surface area contributed by atoms with E-state index >= 15 is 0 Å². The van der Waals surface area contributed by atoms with Crippen LogP contribution in [0.3, 0.4) is 0 Å². The molecule has 1 saturated heterocycles. The molecule has 0 spiro atoms. The molecule has 0 aromatic heterocycles. The third kappa shape index (κ3) is 28.5. The first kappa shape index (κ1) is 56.9. The van der Waals surface area contributed by atoms with E-state index in [-0.39, 0.29) is 6.42 Å². The summed E-state index contributed by atoms with van der Waals surface area (Å²) in [5, 5.41) is 75.6. The quantitative estimate of drug-likeness (QED) is 0.0218. The summed E-state index contributed by atoms with van der Waals surface area (Å²) >= 11 is 0. The van der Waals surface area contributed by atoms with Crippen molar-refractivity contribution in [3.05, 3.63) is 12.2 Å². The summed E-state index contributed by atoms with van der Waals surface area (Å²) < 4.78 is 11.1. The molecule has 356 valence electrons. The van der Waals surface area contributed by atoms with Gasteiger partial charge in [-0.1, -0.05) is 199 Å². The van der Waals surface area contributed by atoms with Gasteiger partial charge in [-0.25, -0.2) is 0 Å². The smallest absolute Gasteiger partial charge is 0.249 e. The summed E-state index contributed by atoms with van der Waals surface area (Å²) in [6.45, 7) is 3.43. The molecule has 60 heavy (non-hydrogen) atoms. The number of carbonyl (C=O) groups is 1. The number of aliphatic hydroxyl groups is 7. The highest BCUT2D eigenvalue weighted by atomic mass is 16.7. The minimum absolute atomic E-state index is 0.257. The van der Waals surface area contributed by atoms with Gasteiger partial charge in [0.1, 0.15) is 36.6 Å². The maximum absolute atomic E-state index is 13.1. The van der Waals surface area contributed by atoms with E-state index in [9.17, 15) is 40.5 Å². The predicted molar refractivity (Wildman–Crippen MR) is 243 cm³/mol. The normalized spacial score (nSPS) is 21.6. The fourth-order valence-corrected chi connectivity index (χ4v) is 8.14. The van der Waals surface area contributed by atoms with E-state index in [2.05, 4.69) is 31.3 Å². The Morgan fingerprint density at radius 3 is 1.40 bits per heavy atom. The summed E-state index contributed by atoms with van der Waals surface area (Å²) in [6.07, 6.45) is 31.3. The molecule has 0 bridgehead atoms. The lowest BCUT2D eigenvalue weighted by atomic mass is 9.98. The molecule has 1 amide bonds. The van der Waals surface area contributed by atoms with Crippen LogP contribution in [-0.4, -0.2) is 110 Å². The number of amides is 1. The highest BCUT2D eigenvalue weighted by molar-refractivity contribution is 5.80. The van der Waals surface area contributed by atoms with Gasteiger partial charge in [0.25, 0.3) is 0 Å². The average Bonchev–Trinajstić information content (AvgIpc) is 3.25. The predicted octanol–water partition coefficient (Wildman–Crippen LogP) is 8.84. The van der Waals surface area contributed by atoms with Gasteiger partial charge < -0.3 is 50.5 Å². The Balaban J connectivity index is 2.33. The molecule has 1 fully saturated rings. The second-order valence-corrected chi connectivity index (χ2v) is 17.9. The van der Waals surface area contributed by atoms with Crippen molar-refractivity contribution >= 4 is 5.91 Å². The van der Waals surface area contributed by atoms with E-state index in [1.807, 2.05) is 0 Å². The highest BCUT2D eigenvalue weighted by Gasteiger charge is 2.44. The van der Waals surface area contributed by atoms with Crippen LogP contribution in [0.4, 0.5) is 0 Å². The van der Waals surface area contributed by atoms with Crippen LogP contribution in [0.1, 0.15) is 226 Å². The number of allylic oxidation sites excluding steroid dienone is 2. The molecule has 11 nitrogen and oxygen atoms in total. The Morgan fingerprint density at radius 2 is 0.967 bits per heavy atom. The van der Waals surface area contributed by atoms with Crippen molar-refractivity contribution in [2.24, 2.45) is 0 Å². The van der Waals surface area contributed by atoms with Gasteiger partial charge in [-0.05, 0) is 38.5 Å². The van der Waals surface area contributed by atoms with Crippen LogP contribution in [0.2, 0.25) is 0 Å². The van der Waals surface area contributed by atoms with Crippen LogP contribution in [-0.2, 0) is 14.3 Å². The number of nitrogens with one attached hydrogen (secondary N) is 1.